The Morgan fingerprint density at radius 2 is 1.96 bits per heavy atom. The van der Waals surface area contributed by atoms with Crippen molar-refractivity contribution in [3.8, 4) is 11.1 Å². The van der Waals surface area contributed by atoms with Crippen LogP contribution in [0.3, 0.4) is 0 Å². The molecular weight excluding hydrogens is 290 g/mol. The zero-order valence-electron chi connectivity index (χ0n) is 13.5. The van der Waals surface area contributed by atoms with Crippen LogP contribution in [-0.4, -0.2) is 16.8 Å². The SMILES string of the molecule is CNc1cc(-c2c(C)noc2C)cn(Cc2ccccc2)c1=O. The van der Waals surface area contributed by atoms with Gasteiger partial charge in [-0.2, -0.15) is 0 Å². The zero-order valence-corrected chi connectivity index (χ0v) is 13.5. The van der Waals surface area contributed by atoms with E-state index in [2.05, 4.69) is 10.5 Å². The maximum absolute atomic E-state index is 12.6. The van der Waals surface area contributed by atoms with Crippen LogP contribution in [0.2, 0.25) is 0 Å². The Labute approximate surface area is 134 Å². The zero-order chi connectivity index (χ0) is 16.4. The third-order valence-corrected chi connectivity index (χ3v) is 3.87. The fraction of sp³-hybridized carbons (Fsp3) is 0.222. The molecule has 0 saturated carbocycles. The molecular formula is C18H19N3O2. The third-order valence-electron chi connectivity index (χ3n) is 3.87. The third kappa shape index (κ3) is 2.90. The Kier molecular flexibility index (Phi) is 4.02. The van der Waals surface area contributed by atoms with Gasteiger partial charge in [0.25, 0.3) is 5.56 Å². The number of rotatable bonds is 4. The van der Waals surface area contributed by atoms with Crippen LogP contribution < -0.4 is 10.9 Å². The highest BCUT2D eigenvalue weighted by Crippen LogP contribution is 2.27. The van der Waals surface area contributed by atoms with Gasteiger partial charge in [-0.3, -0.25) is 4.79 Å². The van der Waals surface area contributed by atoms with E-state index in [1.54, 1.807) is 11.6 Å². The van der Waals surface area contributed by atoms with Gasteiger partial charge >= 0.3 is 0 Å². The van der Waals surface area contributed by atoms with Crippen LogP contribution in [0.25, 0.3) is 11.1 Å². The van der Waals surface area contributed by atoms with E-state index in [9.17, 15) is 4.79 Å². The molecule has 0 aliphatic carbocycles. The van der Waals surface area contributed by atoms with Gasteiger partial charge in [0.05, 0.1) is 12.2 Å². The Bertz CT molecular complexity index is 860. The number of hydrogen-bond acceptors (Lipinski definition) is 4. The van der Waals surface area contributed by atoms with Crippen LogP contribution in [0.5, 0.6) is 0 Å². The molecule has 0 aliphatic heterocycles. The van der Waals surface area contributed by atoms with Crippen molar-refractivity contribution in [2.75, 3.05) is 12.4 Å². The van der Waals surface area contributed by atoms with E-state index >= 15 is 0 Å². The minimum absolute atomic E-state index is 0.0492. The summed E-state index contributed by atoms with van der Waals surface area (Å²) in [5.41, 5.74) is 4.25. The molecule has 1 aromatic carbocycles. The van der Waals surface area contributed by atoms with Crippen molar-refractivity contribution in [2.24, 2.45) is 0 Å². The molecule has 0 aliphatic rings. The van der Waals surface area contributed by atoms with E-state index in [4.69, 9.17) is 4.52 Å². The van der Waals surface area contributed by atoms with E-state index in [0.717, 1.165) is 28.1 Å². The molecule has 3 aromatic rings. The number of nitrogens with zero attached hydrogens (tertiary/aromatic N) is 2. The fourth-order valence-electron chi connectivity index (χ4n) is 2.74. The molecule has 0 amide bonds. The largest absolute Gasteiger partial charge is 0.384 e. The lowest BCUT2D eigenvalue weighted by Crippen LogP contribution is -2.23. The van der Waals surface area contributed by atoms with Crippen LogP contribution in [0, 0.1) is 13.8 Å². The van der Waals surface area contributed by atoms with E-state index in [1.807, 2.05) is 56.4 Å². The lowest BCUT2D eigenvalue weighted by molar-refractivity contribution is 0.393. The summed E-state index contributed by atoms with van der Waals surface area (Å²) in [4.78, 5) is 12.6. The van der Waals surface area contributed by atoms with E-state index in [0.29, 0.717) is 12.2 Å². The summed E-state index contributed by atoms with van der Waals surface area (Å²) in [5.74, 6) is 0.745. The van der Waals surface area contributed by atoms with Crippen LogP contribution in [0.1, 0.15) is 17.0 Å². The number of aromatic nitrogens is 2. The number of benzene rings is 1. The van der Waals surface area contributed by atoms with Gasteiger partial charge in [-0.05, 0) is 25.5 Å². The van der Waals surface area contributed by atoms with Crippen molar-refractivity contribution in [2.45, 2.75) is 20.4 Å². The van der Waals surface area contributed by atoms with Gasteiger partial charge < -0.3 is 14.4 Å². The summed E-state index contributed by atoms with van der Waals surface area (Å²) in [6, 6.07) is 11.8. The van der Waals surface area contributed by atoms with Gasteiger partial charge in [-0.1, -0.05) is 35.5 Å². The topological polar surface area (TPSA) is 60.1 Å². The first-order valence-corrected chi connectivity index (χ1v) is 7.49. The first-order chi connectivity index (χ1) is 11.1. The molecule has 5 heteroatoms. The Hall–Kier alpha value is -2.82. The average molecular weight is 309 g/mol. The number of anilines is 1. The predicted octanol–water partition coefficient (Wildman–Crippen LogP) is 3.21. The lowest BCUT2D eigenvalue weighted by atomic mass is 10.1. The van der Waals surface area contributed by atoms with Crippen molar-refractivity contribution in [1.82, 2.24) is 9.72 Å². The second-order valence-electron chi connectivity index (χ2n) is 5.51. The van der Waals surface area contributed by atoms with E-state index in [-0.39, 0.29) is 5.56 Å². The lowest BCUT2D eigenvalue weighted by Gasteiger charge is -2.12. The first kappa shape index (κ1) is 15.1. The molecule has 2 heterocycles. The predicted molar refractivity (Wildman–Crippen MR) is 90.8 cm³/mol. The van der Waals surface area contributed by atoms with E-state index < -0.39 is 0 Å². The van der Waals surface area contributed by atoms with Gasteiger partial charge in [-0.25, -0.2) is 0 Å². The van der Waals surface area contributed by atoms with Crippen LogP contribution in [-0.2, 0) is 6.54 Å². The van der Waals surface area contributed by atoms with Crippen LogP contribution >= 0.6 is 0 Å². The normalized spacial score (nSPS) is 10.7. The molecule has 2 aromatic heterocycles. The number of nitrogens with one attached hydrogen (secondary N) is 1. The minimum atomic E-state index is -0.0492. The molecule has 0 spiro atoms. The smallest absolute Gasteiger partial charge is 0.274 e. The number of pyridine rings is 1. The van der Waals surface area contributed by atoms with Crippen LogP contribution in [0.4, 0.5) is 5.69 Å². The summed E-state index contributed by atoms with van der Waals surface area (Å²) in [7, 11) is 1.75. The maximum atomic E-state index is 12.6. The van der Waals surface area contributed by atoms with Crippen molar-refractivity contribution in [1.29, 1.82) is 0 Å². The monoisotopic (exact) mass is 309 g/mol. The van der Waals surface area contributed by atoms with E-state index in [1.165, 1.54) is 0 Å². The first-order valence-electron chi connectivity index (χ1n) is 7.49. The highest BCUT2D eigenvalue weighted by molar-refractivity contribution is 5.70. The number of hydrogen-bond donors (Lipinski definition) is 1. The van der Waals surface area contributed by atoms with Crippen molar-refractivity contribution in [3.63, 3.8) is 0 Å². The quantitative estimate of drug-likeness (QED) is 0.804. The molecule has 0 unspecified atom stereocenters. The van der Waals surface area contributed by atoms with Gasteiger partial charge in [0.1, 0.15) is 11.4 Å². The van der Waals surface area contributed by atoms with Crippen molar-refractivity contribution < 1.29 is 4.52 Å². The van der Waals surface area contributed by atoms with Crippen LogP contribution in [0.15, 0.2) is 51.9 Å². The highest BCUT2D eigenvalue weighted by Gasteiger charge is 2.15. The van der Waals surface area contributed by atoms with Gasteiger partial charge in [0, 0.05) is 24.4 Å². The second-order valence-corrected chi connectivity index (χ2v) is 5.51. The average Bonchev–Trinajstić information content (AvgIpc) is 2.89. The molecule has 0 radical (unpaired) electrons. The highest BCUT2D eigenvalue weighted by atomic mass is 16.5. The van der Waals surface area contributed by atoms with Crippen molar-refractivity contribution >= 4 is 5.69 Å². The Morgan fingerprint density at radius 1 is 1.22 bits per heavy atom. The molecule has 0 saturated heterocycles. The summed E-state index contributed by atoms with van der Waals surface area (Å²) < 4.78 is 6.96. The van der Waals surface area contributed by atoms with Gasteiger partial charge in [0.2, 0.25) is 0 Å². The summed E-state index contributed by atoms with van der Waals surface area (Å²) >= 11 is 0. The summed E-state index contributed by atoms with van der Waals surface area (Å²) in [6.07, 6.45) is 1.86. The molecule has 0 atom stereocenters. The number of aryl methyl sites for hydroxylation is 2. The summed E-state index contributed by atoms with van der Waals surface area (Å²) in [6.45, 7) is 4.30. The molecule has 23 heavy (non-hydrogen) atoms. The molecule has 3 rings (SSSR count). The standard InChI is InChI=1S/C18H19N3O2/c1-12-17(13(2)23-20-12)15-9-16(19-3)18(22)21(11-15)10-14-7-5-4-6-8-14/h4-9,11,19H,10H2,1-3H3. The second kappa shape index (κ2) is 6.12. The van der Waals surface area contributed by atoms with Gasteiger partial charge in [0.15, 0.2) is 0 Å². The van der Waals surface area contributed by atoms with Crippen molar-refractivity contribution in [3.05, 3.63) is 70.0 Å². The molecule has 118 valence electrons. The molecule has 0 fully saturated rings. The molecule has 0 bridgehead atoms. The maximum Gasteiger partial charge on any atom is 0.274 e. The fourth-order valence-corrected chi connectivity index (χ4v) is 2.74. The molecule has 1 N–H and O–H groups in total. The Balaban J connectivity index is 2.13. The molecule has 5 nitrogen and oxygen atoms in total. The minimum Gasteiger partial charge on any atom is -0.384 e. The summed E-state index contributed by atoms with van der Waals surface area (Å²) in [5, 5.41) is 6.98. The Morgan fingerprint density at radius 3 is 2.57 bits per heavy atom. The van der Waals surface area contributed by atoms with Gasteiger partial charge in [-0.15, -0.1) is 0 Å².